The molecule has 8 heteroatoms. The maximum Gasteiger partial charge on any atom is 0.274 e. The molecule has 0 spiro atoms. The Labute approximate surface area is 114 Å². The predicted molar refractivity (Wildman–Crippen MR) is 75.2 cm³/mol. The second-order valence-electron chi connectivity index (χ2n) is 3.44. The summed E-state index contributed by atoms with van der Waals surface area (Å²) in [5, 5.41) is 19.1. The summed E-state index contributed by atoms with van der Waals surface area (Å²) in [5.41, 5.74) is 1.06. The van der Waals surface area contributed by atoms with E-state index in [1.54, 1.807) is 30.1 Å². The first-order valence-corrected chi connectivity index (χ1v) is 7.41. The number of thioether (sulfide) groups is 1. The number of hydrogen-bond acceptors (Lipinski definition) is 7. The van der Waals surface area contributed by atoms with Crippen LogP contribution in [-0.2, 0) is 5.75 Å². The van der Waals surface area contributed by atoms with Crippen LogP contribution in [0.1, 0.15) is 10.7 Å². The van der Waals surface area contributed by atoms with Crippen LogP contribution in [-0.4, -0.2) is 29.3 Å². The van der Waals surface area contributed by atoms with Crippen molar-refractivity contribution in [3.05, 3.63) is 38.2 Å². The zero-order valence-corrected chi connectivity index (χ0v) is 11.9. The molecule has 0 fully saturated rings. The molecule has 0 amide bonds. The van der Waals surface area contributed by atoms with E-state index >= 15 is 0 Å². The van der Waals surface area contributed by atoms with E-state index in [0.29, 0.717) is 12.4 Å². The van der Waals surface area contributed by atoms with Gasteiger partial charge in [0.1, 0.15) is 5.01 Å². The van der Waals surface area contributed by atoms with Crippen LogP contribution in [0.2, 0.25) is 0 Å². The molecule has 1 heterocycles. The van der Waals surface area contributed by atoms with Crippen molar-refractivity contribution in [1.29, 1.82) is 0 Å². The van der Waals surface area contributed by atoms with Crippen LogP contribution in [0.25, 0.3) is 0 Å². The smallest absolute Gasteiger partial charge is 0.274 e. The van der Waals surface area contributed by atoms with Crippen LogP contribution in [0.4, 0.5) is 0 Å². The van der Waals surface area contributed by atoms with Gasteiger partial charge in [-0.05, 0) is 6.92 Å². The number of nitrogens with one attached hydrogen (secondary N) is 2. The van der Waals surface area contributed by atoms with Gasteiger partial charge in [-0.25, -0.2) is 4.98 Å². The van der Waals surface area contributed by atoms with Crippen molar-refractivity contribution in [2.45, 2.75) is 12.7 Å². The van der Waals surface area contributed by atoms with Crippen molar-refractivity contribution in [2.75, 3.05) is 19.3 Å². The topological polar surface area (TPSA) is 80.1 Å². The minimum absolute atomic E-state index is 0.422. The minimum Gasteiger partial charge on any atom is -0.370 e. The molecule has 1 aromatic heterocycles. The highest BCUT2D eigenvalue weighted by Crippen LogP contribution is 2.15. The molecule has 0 saturated heterocycles. The van der Waals surface area contributed by atoms with Gasteiger partial charge in [-0.2, -0.15) is 11.8 Å². The summed E-state index contributed by atoms with van der Waals surface area (Å²) in [5.74, 6) is 2.18. The Morgan fingerprint density at radius 3 is 3.06 bits per heavy atom. The van der Waals surface area contributed by atoms with Gasteiger partial charge in [-0.3, -0.25) is 10.1 Å². The van der Waals surface area contributed by atoms with E-state index in [1.807, 2.05) is 12.3 Å². The van der Waals surface area contributed by atoms with Crippen molar-refractivity contribution in [3.8, 4) is 0 Å². The highest BCUT2D eigenvalue weighted by Gasteiger charge is 2.01. The van der Waals surface area contributed by atoms with Gasteiger partial charge in [0.05, 0.1) is 4.92 Å². The third-order valence-corrected chi connectivity index (χ3v) is 4.08. The zero-order valence-electron chi connectivity index (χ0n) is 10.3. The summed E-state index contributed by atoms with van der Waals surface area (Å²) in [6, 6.07) is 0. The van der Waals surface area contributed by atoms with E-state index in [2.05, 4.69) is 15.6 Å². The van der Waals surface area contributed by atoms with E-state index in [-0.39, 0.29) is 0 Å². The first kappa shape index (κ1) is 14.8. The maximum absolute atomic E-state index is 10.3. The van der Waals surface area contributed by atoms with Gasteiger partial charge in [0, 0.05) is 36.2 Å². The summed E-state index contributed by atoms with van der Waals surface area (Å²) in [7, 11) is 1.65. The lowest BCUT2D eigenvalue weighted by Crippen LogP contribution is -2.26. The number of thiazole rings is 1. The van der Waals surface area contributed by atoms with Crippen LogP contribution in [0, 0.1) is 17.0 Å². The molecule has 0 atom stereocenters. The number of aryl methyl sites for hydroxylation is 1. The molecule has 1 rings (SSSR count). The van der Waals surface area contributed by atoms with Gasteiger partial charge in [-0.15, -0.1) is 11.3 Å². The Morgan fingerprint density at radius 1 is 1.72 bits per heavy atom. The lowest BCUT2D eigenvalue weighted by molar-refractivity contribution is -0.404. The van der Waals surface area contributed by atoms with E-state index < -0.39 is 4.92 Å². The van der Waals surface area contributed by atoms with Gasteiger partial charge in [-0.1, -0.05) is 0 Å². The Kier molecular flexibility index (Phi) is 6.51. The molecule has 0 unspecified atom stereocenters. The van der Waals surface area contributed by atoms with Crippen LogP contribution >= 0.6 is 23.1 Å². The summed E-state index contributed by atoms with van der Waals surface area (Å²) in [4.78, 5) is 14.2. The third-order valence-electron chi connectivity index (χ3n) is 1.96. The van der Waals surface area contributed by atoms with Crippen molar-refractivity contribution in [1.82, 2.24) is 15.6 Å². The molecule has 18 heavy (non-hydrogen) atoms. The Bertz CT molecular complexity index is 420. The summed E-state index contributed by atoms with van der Waals surface area (Å²) >= 11 is 3.41. The van der Waals surface area contributed by atoms with Crippen molar-refractivity contribution in [3.63, 3.8) is 0 Å². The molecule has 100 valence electrons. The van der Waals surface area contributed by atoms with Gasteiger partial charge in [0.15, 0.2) is 5.82 Å². The Morgan fingerprint density at radius 2 is 2.50 bits per heavy atom. The highest BCUT2D eigenvalue weighted by molar-refractivity contribution is 7.98. The molecule has 0 aromatic carbocycles. The largest absolute Gasteiger partial charge is 0.370 e. The van der Waals surface area contributed by atoms with Crippen LogP contribution in [0.5, 0.6) is 0 Å². The second-order valence-corrected chi connectivity index (χ2v) is 5.49. The number of hydrogen-bond donors (Lipinski definition) is 2. The second kappa shape index (κ2) is 7.93. The fourth-order valence-corrected chi connectivity index (χ4v) is 2.90. The first-order valence-electron chi connectivity index (χ1n) is 5.37. The zero-order chi connectivity index (χ0) is 13.4. The molecule has 0 aliphatic heterocycles. The van der Waals surface area contributed by atoms with Crippen molar-refractivity contribution in [2.24, 2.45) is 0 Å². The number of rotatable bonds is 8. The summed E-state index contributed by atoms with van der Waals surface area (Å²) < 4.78 is 0. The molecular weight excluding hydrogens is 272 g/mol. The van der Waals surface area contributed by atoms with Gasteiger partial charge in [0.2, 0.25) is 0 Å². The van der Waals surface area contributed by atoms with Crippen LogP contribution in [0.15, 0.2) is 17.4 Å². The molecular formula is C10H16N4O2S2. The molecule has 0 saturated carbocycles. The third kappa shape index (κ3) is 5.87. The molecule has 1 aromatic rings. The molecule has 0 radical (unpaired) electrons. The van der Waals surface area contributed by atoms with Gasteiger partial charge in [0.25, 0.3) is 6.20 Å². The molecule has 0 aliphatic rings. The fraction of sp³-hybridized carbons (Fsp3) is 0.500. The Balaban J connectivity index is 2.16. The quantitative estimate of drug-likeness (QED) is 0.429. The van der Waals surface area contributed by atoms with E-state index in [0.717, 1.165) is 28.4 Å². The van der Waals surface area contributed by atoms with Gasteiger partial charge >= 0.3 is 0 Å². The van der Waals surface area contributed by atoms with E-state index in [4.69, 9.17) is 0 Å². The normalized spacial score (nSPS) is 11.3. The van der Waals surface area contributed by atoms with E-state index in [9.17, 15) is 10.1 Å². The molecule has 6 nitrogen and oxygen atoms in total. The monoisotopic (exact) mass is 288 g/mol. The highest BCUT2D eigenvalue weighted by atomic mass is 32.2. The minimum atomic E-state index is -0.482. The molecule has 0 bridgehead atoms. The molecule has 2 N–H and O–H groups in total. The summed E-state index contributed by atoms with van der Waals surface area (Å²) in [6.07, 6.45) is 0.925. The van der Waals surface area contributed by atoms with Crippen LogP contribution in [0.3, 0.4) is 0 Å². The first-order chi connectivity index (χ1) is 8.61. The number of nitrogens with zero attached hydrogens (tertiary/aromatic N) is 2. The maximum atomic E-state index is 10.3. The average molecular weight is 288 g/mol. The summed E-state index contributed by atoms with van der Waals surface area (Å²) in [6.45, 7) is 2.66. The van der Waals surface area contributed by atoms with Crippen molar-refractivity contribution < 1.29 is 4.92 Å². The number of aromatic nitrogens is 1. The van der Waals surface area contributed by atoms with Crippen molar-refractivity contribution >= 4 is 23.1 Å². The standard InChI is InChI=1S/C10H16N4O2S2/c1-8-6-18-10(13-8)7-17-4-3-12-9(11-2)5-14(15)16/h5-6,11-12H,3-4,7H2,1-2H3. The van der Waals surface area contributed by atoms with Gasteiger partial charge < -0.3 is 10.6 Å². The predicted octanol–water partition coefficient (Wildman–Crippen LogP) is 1.57. The molecule has 0 aliphatic carbocycles. The lowest BCUT2D eigenvalue weighted by Gasteiger charge is -2.06. The Hall–Kier alpha value is -1.28. The lowest BCUT2D eigenvalue weighted by atomic mass is 10.6. The SMILES string of the molecule is CNC(=C[N+](=O)[O-])NCCSCc1nc(C)cs1. The number of nitro groups is 1. The average Bonchev–Trinajstić information content (AvgIpc) is 2.72. The van der Waals surface area contributed by atoms with Crippen LogP contribution < -0.4 is 10.6 Å². The fourth-order valence-electron chi connectivity index (χ4n) is 1.19. The van der Waals surface area contributed by atoms with E-state index in [1.165, 1.54) is 0 Å².